The molecule has 1 aromatic heterocycles. The van der Waals surface area contributed by atoms with Gasteiger partial charge in [-0.2, -0.15) is 0 Å². The van der Waals surface area contributed by atoms with E-state index in [1.807, 2.05) is 30.3 Å². The van der Waals surface area contributed by atoms with Crippen LogP contribution in [-0.4, -0.2) is 10.5 Å². The maximum atomic E-state index is 12.3. The second-order valence-corrected chi connectivity index (χ2v) is 6.66. The first-order valence-corrected chi connectivity index (χ1v) is 8.69. The number of hydrogen-bond donors (Lipinski definition) is 1. The van der Waals surface area contributed by atoms with Gasteiger partial charge in [-0.25, -0.2) is 0 Å². The zero-order chi connectivity index (χ0) is 18.7. The van der Waals surface area contributed by atoms with Gasteiger partial charge in [-0.05, 0) is 34.9 Å². The van der Waals surface area contributed by atoms with E-state index in [0.717, 1.165) is 16.7 Å². The second-order valence-electron chi connectivity index (χ2n) is 5.84. The van der Waals surface area contributed by atoms with Crippen LogP contribution in [-0.2, 0) is 13.6 Å². The molecule has 132 valence electrons. The molecule has 0 bridgehead atoms. The molecule has 6 heteroatoms. The summed E-state index contributed by atoms with van der Waals surface area (Å²) in [7, 11) is 1.71. The van der Waals surface area contributed by atoms with Crippen molar-refractivity contribution in [2.45, 2.75) is 6.54 Å². The number of aromatic nitrogens is 1. The van der Waals surface area contributed by atoms with Gasteiger partial charge in [0.1, 0.15) is 0 Å². The molecular formula is C20H16Cl2N2O2. The fourth-order valence-corrected chi connectivity index (χ4v) is 3.10. The first kappa shape index (κ1) is 18.2. The van der Waals surface area contributed by atoms with Crippen LogP contribution >= 0.6 is 23.2 Å². The summed E-state index contributed by atoms with van der Waals surface area (Å²) < 4.78 is 1.52. The Hall–Kier alpha value is -2.56. The average molecular weight is 387 g/mol. The van der Waals surface area contributed by atoms with Gasteiger partial charge in [0, 0.05) is 25.9 Å². The van der Waals surface area contributed by atoms with Crippen molar-refractivity contribution < 1.29 is 4.79 Å². The van der Waals surface area contributed by atoms with Gasteiger partial charge in [-0.3, -0.25) is 9.59 Å². The molecule has 0 atom stereocenters. The van der Waals surface area contributed by atoms with E-state index >= 15 is 0 Å². The number of halogens is 2. The second kappa shape index (κ2) is 7.77. The van der Waals surface area contributed by atoms with Crippen LogP contribution in [0.15, 0.2) is 65.6 Å². The summed E-state index contributed by atoms with van der Waals surface area (Å²) >= 11 is 12.1. The Bertz CT molecular complexity index is 991. The number of rotatable bonds is 4. The Morgan fingerprint density at radius 2 is 1.65 bits per heavy atom. The number of pyridine rings is 1. The fraction of sp³-hybridized carbons (Fsp3) is 0.100. The lowest BCUT2D eigenvalue weighted by molar-refractivity contribution is 0.0951. The molecule has 2 aromatic carbocycles. The highest BCUT2D eigenvalue weighted by atomic mass is 35.5. The molecular weight excluding hydrogens is 371 g/mol. The highest BCUT2D eigenvalue weighted by Crippen LogP contribution is 2.24. The molecule has 1 amide bonds. The minimum absolute atomic E-state index is 0.0598. The first-order valence-electron chi connectivity index (χ1n) is 7.94. The van der Waals surface area contributed by atoms with E-state index in [1.54, 1.807) is 37.5 Å². The number of carbonyl (C=O) groups excluding carboxylic acids is 1. The predicted octanol–water partition coefficient (Wildman–Crippen LogP) is 4.29. The maximum absolute atomic E-state index is 12.3. The summed E-state index contributed by atoms with van der Waals surface area (Å²) in [6.45, 7) is 0.344. The van der Waals surface area contributed by atoms with E-state index in [9.17, 15) is 9.59 Å². The van der Waals surface area contributed by atoms with E-state index in [0.29, 0.717) is 16.6 Å². The largest absolute Gasteiger partial charge is 0.348 e. The summed E-state index contributed by atoms with van der Waals surface area (Å²) in [5, 5.41) is 3.44. The van der Waals surface area contributed by atoms with Gasteiger partial charge in [-0.1, -0.05) is 53.5 Å². The Morgan fingerprint density at radius 3 is 2.27 bits per heavy atom. The van der Waals surface area contributed by atoms with Crippen LogP contribution in [0.5, 0.6) is 0 Å². The van der Waals surface area contributed by atoms with Gasteiger partial charge in [0.05, 0.1) is 15.6 Å². The Morgan fingerprint density at radius 1 is 1.00 bits per heavy atom. The lowest BCUT2D eigenvalue weighted by Gasteiger charge is -2.09. The molecule has 0 aliphatic carbocycles. The Kier molecular flexibility index (Phi) is 5.45. The number of benzene rings is 2. The molecule has 1 N–H and O–H groups in total. The van der Waals surface area contributed by atoms with Gasteiger partial charge < -0.3 is 9.88 Å². The molecule has 0 spiro atoms. The number of aryl methyl sites for hydroxylation is 1. The minimum atomic E-state index is -0.323. The topological polar surface area (TPSA) is 51.1 Å². The monoisotopic (exact) mass is 386 g/mol. The van der Waals surface area contributed by atoms with Crippen LogP contribution in [0.1, 0.15) is 15.9 Å². The summed E-state index contributed by atoms with van der Waals surface area (Å²) in [5.74, 6) is -0.323. The van der Waals surface area contributed by atoms with Crippen LogP contribution in [0, 0.1) is 0 Å². The van der Waals surface area contributed by atoms with Crippen molar-refractivity contribution in [3.8, 4) is 11.1 Å². The van der Waals surface area contributed by atoms with Crippen molar-refractivity contribution in [2.24, 2.45) is 7.05 Å². The fourth-order valence-electron chi connectivity index (χ4n) is 2.53. The van der Waals surface area contributed by atoms with Gasteiger partial charge in [0.25, 0.3) is 11.5 Å². The normalized spacial score (nSPS) is 10.6. The molecule has 4 nitrogen and oxygen atoms in total. The van der Waals surface area contributed by atoms with Gasteiger partial charge in [-0.15, -0.1) is 0 Å². The number of hydrogen-bond acceptors (Lipinski definition) is 2. The average Bonchev–Trinajstić information content (AvgIpc) is 2.62. The van der Waals surface area contributed by atoms with Crippen molar-refractivity contribution in [1.82, 2.24) is 9.88 Å². The molecule has 0 aliphatic rings. The van der Waals surface area contributed by atoms with Crippen LogP contribution < -0.4 is 10.9 Å². The van der Waals surface area contributed by atoms with Crippen molar-refractivity contribution >= 4 is 29.1 Å². The van der Waals surface area contributed by atoms with E-state index in [1.165, 1.54) is 4.57 Å². The van der Waals surface area contributed by atoms with Gasteiger partial charge in [0.2, 0.25) is 0 Å². The van der Waals surface area contributed by atoms with Crippen LogP contribution in [0.4, 0.5) is 0 Å². The van der Waals surface area contributed by atoms with Crippen LogP contribution in [0.25, 0.3) is 11.1 Å². The SMILES string of the molecule is Cn1ccc(-c2ccc(CNC(=O)c3c(Cl)cccc3Cl)cc2)cc1=O. The van der Waals surface area contributed by atoms with Gasteiger partial charge in [0.15, 0.2) is 0 Å². The number of carbonyl (C=O) groups is 1. The van der Waals surface area contributed by atoms with Crippen molar-refractivity contribution in [3.63, 3.8) is 0 Å². The quantitative estimate of drug-likeness (QED) is 0.726. The number of amides is 1. The lowest BCUT2D eigenvalue weighted by atomic mass is 10.0. The number of nitrogens with one attached hydrogen (secondary N) is 1. The Labute approximate surface area is 161 Å². The minimum Gasteiger partial charge on any atom is -0.348 e. The molecule has 0 radical (unpaired) electrons. The molecule has 26 heavy (non-hydrogen) atoms. The zero-order valence-corrected chi connectivity index (χ0v) is 15.5. The van der Waals surface area contributed by atoms with E-state index in [-0.39, 0.29) is 17.0 Å². The highest BCUT2D eigenvalue weighted by Gasteiger charge is 2.14. The molecule has 3 aromatic rings. The third-order valence-corrected chi connectivity index (χ3v) is 4.66. The zero-order valence-electron chi connectivity index (χ0n) is 14.0. The van der Waals surface area contributed by atoms with Crippen molar-refractivity contribution in [3.05, 3.63) is 92.3 Å². The Balaban J connectivity index is 1.71. The number of nitrogens with zero attached hydrogens (tertiary/aromatic N) is 1. The smallest absolute Gasteiger partial charge is 0.254 e. The molecule has 0 fully saturated rings. The summed E-state index contributed by atoms with van der Waals surface area (Å²) in [5.41, 5.74) is 2.93. The first-order chi connectivity index (χ1) is 12.5. The molecule has 3 rings (SSSR count). The van der Waals surface area contributed by atoms with E-state index in [2.05, 4.69) is 5.32 Å². The van der Waals surface area contributed by atoms with Crippen LogP contribution in [0.3, 0.4) is 0 Å². The molecule has 0 unspecified atom stereocenters. The van der Waals surface area contributed by atoms with Crippen molar-refractivity contribution in [1.29, 1.82) is 0 Å². The third kappa shape index (κ3) is 3.98. The summed E-state index contributed by atoms with van der Waals surface area (Å²) in [6, 6.07) is 16.1. The third-order valence-electron chi connectivity index (χ3n) is 4.03. The summed E-state index contributed by atoms with van der Waals surface area (Å²) in [4.78, 5) is 24.0. The highest BCUT2D eigenvalue weighted by molar-refractivity contribution is 6.39. The van der Waals surface area contributed by atoms with Crippen molar-refractivity contribution in [2.75, 3.05) is 0 Å². The molecule has 1 heterocycles. The maximum Gasteiger partial charge on any atom is 0.254 e. The van der Waals surface area contributed by atoms with Gasteiger partial charge >= 0.3 is 0 Å². The lowest BCUT2D eigenvalue weighted by Crippen LogP contribution is -2.23. The predicted molar refractivity (Wildman–Crippen MR) is 105 cm³/mol. The molecule has 0 aliphatic heterocycles. The van der Waals surface area contributed by atoms with E-state index < -0.39 is 0 Å². The summed E-state index contributed by atoms with van der Waals surface area (Å²) in [6.07, 6.45) is 1.74. The van der Waals surface area contributed by atoms with E-state index in [4.69, 9.17) is 23.2 Å². The standard InChI is InChI=1S/C20H16Cl2N2O2/c1-24-10-9-15(11-18(24)25)14-7-5-13(6-8-14)12-23-20(26)19-16(21)3-2-4-17(19)22/h2-11H,12H2,1H3,(H,23,26). The van der Waals surface area contributed by atoms with Crippen LogP contribution in [0.2, 0.25) is 10.0 Å². The molecule has 0 saturated carbocycles. The molecule has 0 saturated heterocycles.